The van der Waals surface area contributed by atoms with E-state index in [9.17, 15) is 4.79 Å². The number of hydrogen-bond acceptors (Lipinski definition) is 9. The summed E-state index contributed by atoms with van der Waals surface area (Å²) < 4.78 is 10.2. The van der Waals surface area contributed by atoms with Crippen LogP contribution in [0.25, 0.3) is 0 Å². The van der Waals surface area contributed by atoms with Gasteiger partial charge in [0.15, 0.2) is 11.6 Å². The van der Waals surface area contributed by atoms with Gasteiger partial charge < -0.3 is 25.4 Å². The molecule has 2 heterocycles. The van der Waals surface area contributed by atoms with E-state index in [2.05, 4.69) is 20.2 Å². The van der Waals surface area contributed by atoms with E-state index < -0.39 is 5.97 Å². The highest BCUT2D eigenvalue weighted by molar-refractivity contribution is 5.97. The van der Waals surface area contributed by atoms with Crippen LogP contribution in [0.2, 0.25) is 0 Å². The van der Waals surface area contributed by atoms with Crippen LogP contribution in [0.4, 0.5) is 23.0 Å². The van der Waals surface area contributed by atoms with E-state index in [1.54, 1.807) is 17.0 Å². The molecule has 1 aliphatic rings. The number of esters is 1. The number of para-hydroxylation sites is 1. The molecule has 0 bridgehead atoms. The highest BCUT2D eigenvalue weighted by atomic mass is 16.5. The van der Waals surface area contributed by atoms with Gasteiger partial charge in [-0.05, 0) is 25.1 Å². The van der Waals surface area contributed by atoms with Crippen LogP contribution in [0, 0.1) is 0 Å². The predicted molar refractivity (Wildman–Crippen MR) is 113 cm³/mol. The Hall–Kier alpha value is -2.91. The van der Waals surface area contributed by atoms with Crippen molar-refractivity contribution in [2.45, 2.75) is 6.42 Å². The third kappa shape index (κ3) is 5.12. The van der Waals surface area contributed by atoms with Crippen LogP contribution in [0.3, 0.4) is 0 Å². The topological polar surface area (TPSA) is 106 Å². The molecule has 1 saturated heterocycles. The third-order valence-electron chi connectivity index (χ3n) is 4.90. The second-order valence-electron chi connectivity index (χ2n) is 6.76. The zero-order valence-corrected chi connectivity index (χ0v) is 16.9. The van der Waals surface area contributed by atoms with Gasteiger partial charge in [0.25, 0.3) is 0 Å². The Kier molecular flexibility index (Phi) is 7.20. The molecule has 0 saturated carbocycles. The molecule has 0 amide bonds. The summed E-state index contributed by atoms with van der Waals surface area (Å²) in [6.07, 6.45) is 2.44. The van der Waals surface area contributed by atoms with Crippen LogP contribution < -0.4 is 16.0 Å². The first-order valence-electron chi connectivity index (χ1n) is 9.67. The molecule has 0 radical (unpaired) electrons. The summed E-state index contributed by atoms with van der Waals surface area (Å²) in [7, 11) is 3.17. The number of anilines is 4. The molecule has 0 unspecified atom stereocenters. The van der Waals surface area contributed by atoms with Crippen molar-refractivity contribution >= 4 is 29.0 Å². The highest BCUT2D eigenvalue weighted by Crippen LogP contribution is 2.32. The Morgan fingerprint density at radius 3 is 2.83 bits per heavy atom. The van der Waals surface area contributed by atoms with Gasteiger partial charge in [0.2, 0.25) is 0 Å². The van der Waals surface area contributed by atoms with Crippen LogP contribution in [-0.2, 0) is 9.47 Å². The second kappa shape index (κ2) is 10.0. The lowest BCUT2D eigenvalue weighted by molar-refractivity contribution is 0.0378. The Labute approximate surface area is 170 Å². The van der Waals surface area contributed by atoms with E-state index in [0.717, 1.165) is 45.8 Å². The van der Waals surface area contributed by atoms with Gasteiger partial charge in [-0.15, -0.1) is 0 Å². The Balaban J connectivity index is 1.67. The molecule has 9 heteroatoms. The van der Waals surface area contributed by atoms with Gasteiger partial charge in [-0.25, -0.2) is 14.8 Å². The number of nitrogens with two attached hydrogens (primary N) is 1. The maximum absolute atomic E-state index is 12.1. The minimum atomic E-state index is -0.415. The van der Waals surface area contributed by atoms with E-state index in [1.165, 1.54) is 13.4 Å². The van der Waals surface area contributed by atoms with Gasteiger partial charge in [-0.2, -0.15) is 0 Å². The zero-order chi connectivity index (χ0) is 20.6. The molecular weight excluding hydrogens is 372 g/mol. The van der Waals surface area contributed by atoms with Crippen LogP contribution >= 0.6 is 0 Å². The standard InChI is InChI=1S/C20H28N6O3/c1-25(16-7-4-3-6-15(16)20(27)28-2)19-17(21)18(23-14-24-19)22-8-5-9-26-10-12-29-13-11-26/h3-4,6-7,14H,5,8-13,21H2,1-2H3,(H,22,23,24). The minimum absolute atomic E-state index is 0.415. The van der Waals surface area contributed by atoms with Crippen LogP contribution in [0.15, 0.2) is 30.6 Å². The van der Waals surface area contributed by atoms with Gasteiger partial charge in [0, 0.05) is 26.7 Å². The maximum Gasteiger partial charge on any atom is 0.339 e. The number of nitrogens with one attached hydrogen (secondary N) is 1. The normalized spacial score (nSPS) is 14.4. The molecule has 0 aliphatic carbocycles. The van der Waals surface area contributed by atoms with Gasteiger partial charge in [-0.1, -0.05) is 12.1 Å². The summed E-state index contributed by atoms with van der Waals surface area (Å²) in [5.41, 5.74) is 7.86. The predicted octanol–water partition coefficient (Wildman–Crippen LogP) is 1.75. The minimum Gasteiger partial charge on any atom is -0.465 e. The molecule has 3 N–H and O–H groups in total. The quantitative estimate of drug-likeness (QED) is 0.506. The average Bonchev–Trinajstić information content (AvgIpc) is 2.77. The van der Waals surface area contributed by atoms with E-state index in [4.69, 9.17) is 15.2 Å². The van der Waals surface area contributed by atoms with Gasteiger partial charge in [0.1, 0.15) is 12.0 Å². The average molecular weight is 400 g/mol. The Morgan fingerprint density at radius 1 is 1.31 bits per heavy atom. The highest BCUT2D eigenvalue weighted by Gasteiger charge is 2.19. The number of nitrogen functional groups attached to an aromatic ring is 1. The van der Waals surface area contributed by atoms with Crippen molar-refractivity contribution in [1.29, 1.82) is 0 Å². The van der Waals surface area contributed by atoms with Gasteiger partial charge in [-0.3, -0.25) is 4.90 Å². The lowest BCUT2D eigenvalue weighted by Crippen LogP contribution is -2.37. The fourth-order valence-electron chi connectivity index (χ4n) is 3.29. The number of benzene rings is 1. The molecule has 1 aromatic heterocycles. The van der Waals surface area contributed by atoms with Crippen LogP contribution in [0.1, 0.15) is 16.8 Å². The molecular formula is C20H28N6O3. The van der Waals surface area contributed by atoms with E-state index in [-0.39, 0.29) is 0 Å². The molecule has 1 aliphatic heterocycles. The smallest absolute Gasteiger partial charge is 0.339 e. The Bertz CT molecular complexity index is 826. The number of carbonyl (C=O) groups is 1. The van der Waals surface area contributed by atoms with E-state index in [0.29, 0.717) is 28.6 Å². The number of morpholine rings is 1. The van der Waals surface area contributed by atoms with Crippen molar-refractivity contribution < 1.29 is 14.3 Å². The first kappa shape index (κ1) is 20.8. The first-order chi connectivity index (χ1) is 14.1. The number of rotatable bonds is 8. The monoisotopic (exact) mass is 400 g/mol. The number of nitrogens with zero attached hydrogens (tertiary/aromatic N) is 4. The van der Waals surface area contributed by atoms with Crippen LogP contribution in [0.5, 0.6) is 0 Å². The van der Waals surface area contributed by atoms with Crippen molar-refractivity contribution in [2.75, 3.05) is 69.5 Å². The molecule has 9 nitrogen and oxygen atoms in total. The number of carbonyl (C=O) groups excluding carboxylic acids is 1. The second-order valence-corrected chi connectivity index (χ2v) is 6.76. The summed E-state index contributed by atoms with van der Waals surface area (Å²) in [5.74, 6) is 0.688. The molecule has 1 aromatic carbocycles. The maximum atomic E-state index is 12.1. The number of ether oxygens (including phenoxy) is 2. The summed E-state index contributed by atoms with van der Waals surface area (Å²) in [6, 6.07) is 7.16. The lowest BCUT2D eigenvalue weighted by atomic mass is 10.1. The molecule has 29 heavy (non-hydrogen) atoms. The first-order valence-corrected chi connectivity index (χ1v) is 9.67. The van der Waals surface area contributed by atoms with Crippen molar-refractivity contribution in [3.05, 3.63) is 36.2 Å². The number of aromatic nitrogens is 2. The molecule has 1 fully saturated rings. The largest absolute Gasteiger partial charge is 0.465 e. The molecule has 0 atom stereocenters. The van der Waals surface area contributed by atoms with E-state index >= 15 is 0 Å². The molecule has 156 valence electrons. The van der Waals surface area contributed by atoms with Crippen molar-refractivity contribution in [1.82, 2.24) is 14.9 Å². The summed E-state index contributed by atoms with van der Waals surface area (Å²) in [5, 5.41) is 3.30. The molecule has 0 spiro atoms. The summed E-state index contributed by atoms with van der Waals surface area (Å²) >= 11 is 0. The van der Waals surface area contributed by atoms with Crippen molar-refractivity contribution in [3.63, 3.8) is 0 Å². The lowest BCUT2D eigenvalue weighted by Gasteiger charge is -2.26. The van der Waals surface area contributed by atoms with Gasteiger partial charge >= 0.3 is 5.97 Å². The fourth-order valence-corrected chi connectivity index (χ4v) is 3.29. The van der Waals surface area contributed by atoms with Crippen LogP contribution in [-0.4, -0.2) is 74.4 Å². The third-order valence-corrected chi connectivity index (χ3v) is 4.90. The Morgan fingerprint density at radius 2 is 2.07 bits per heavy atom. The molecule has 3 rings (SSSR count). The zero-order valence-electron chi connectivity index (χ0n) is 16.9. The number of hydrogen-bond donors (Lipinski definition) is 2. The fraction of sp³-hybridized carbons (Fsp3) is 0.450. The summed E-state index contributed by atoms with van der Waals surface area (Å²) in [4.78, 5) is 24.8. The SMILES string of the molecule is COC(=O)c1ccccc1N(C)c1ncnc(NCCCN2CCOCC2)c1N. The van der Waals surface area contributed by atoms with Crippen molar-refractivity contribution in [2.24, 2.45) is 0 Å². The van der Waals surface area contributed by atoms with E-state index in [1.807, 2.05) is 19.2 Å². The number of methoxy groups -OCH3 is 1. The summed E-state index contributed by atoms with van der Waals surface area (Å²) in [6.45, 7) is 5.31. The van der Waals surface area contributed by atoms with Gasteiger partial charge in [0.05, 0.1) is 31.6 Å². The molecule has 2 aromatic rings. The van der Waals surface area contributed by atoms with Crippen molar-refractivity contribution in [3.8, 4) is 0 Å².